The Bertz CT molecular complexity index is 3000. The Kier molecular flexibility index (Phi) is 6.88. The summed E-state index contributed by atoms with van der Waals surface area (Å²) in [5.41, 5.74) is 13.3. The smallest absolute Gasteiger partial charge is 0.0541 e. The van der Waals surface area contributed by atoms with E-state index in [0.717, 1.165) is 19.3 Å². The van der Waals surface area contributed by atoms with E-state index >= 15 is 0 Å². The molecule has 1 nitrogen and oxygen atoms in total. The van der Waals surface area contributed by atoms with Gasteiger partial charge in [-0.25, -0.2) is 0 Å². The van der Waals surface area contributed by atoms with Crippen LogP contribution in [0.1, 0.15) is 29.0 Å². The Labute approximate surface area is 309 Å². The van der Waals surface area contributed by atoms with Crippen LogP contribution in [-0.4, -0.2) is 4.57 Å². The van der Waals surface area contributed by atoms with Crippen molar-refractivity contribution >= 4 is 54.1 Å². The Morgan fingerprint density at radius 1 is 0.415 bits per heavy atom. The molecule has 1 heterocycles. The highest BCUT2D eigenvalue weighted by atomic mass is 15.0. The average Bonchev–Trinajstić information content (AvgIpc) is 3.47. The molecule has 0 saturated carbocycles. The van der Waals surface area contributed by atoms with E-state index in [1.165, 1.54) is 98.8 Å². The van der Waals surface area contributed by atoms with Crippen molar-refractivity contribution in [2.75, 3.05) is 0 Å². The van der Waals surface area contributed by atoms with E-state index in [1.54, 1.807) is 0 Å². The molecule has 1 atom stereocenters. The molecule has 9 aromatic carbocycles. The van der Waals surface area contributed by atoms with Crippen LogP contribution in [0.5, 0.6) is 0 Å². The minimum Gasteiger partial charge on any atom is -0.309 e. The number of rotatable bonds is 4. The van der Waals surface area contributed by atoms with Crippen molar-refractivity contribution in [3.63, 3.8) is 0 Å². The normalized spacial score (nSPS) is 14.2. The average molecular weight is 676 g/mol. The first-order valence-electron chi connectivity index (χ1n) is 18.9. The van der Waals surface area contributed by atoms with Crippen molar-refractivity contribution in [2.24, 2.45) is 0 Å². The molecule has 1 aromatic heterocycles. The van der Waals surface area contributed by atoms with Crippen LogP contribution in [0, 0.1) is 0 Å². The molecule has 53 heavy (non-hydrogen) atoms. The molecular formula is C52H37N. The summed E-state index contributed by atoms with van der Waals surface area (Å²) in [5, 5.41) is 10.3. The van der Waals surface area contributed by atoms with Crippen molar-refractivity contribution in [3.05, 3.63) is 199 Å². The molecule has 10 aromatic rings. The van der Waals surface area contributed by atoms with Gasteiger partial charge in [0.05, 0.1) is 11.0 Å². The van der Waals surface area contributed by atoms with Crippen LogP contribution in [0.3, 0.4) is 0 Å². The second-order valence-electron chi connectivity index (χ2n) is 14.8. The molecule has 1 aliphatic carbocycles. The third kappa shape index (κ3) is 4.85. The molecule has 1 heteroatoms. The Morgan fingerprint density at radius 2 is 1.02 bits per heavy atom. The largest absolute Gasteiger partial charge is 0.309 e. The summed E-state index contributed by atoms with van der Waals surface area (Å²) in [7, 11) is 0. The van der Waals surface area contributed by atoms with Gasteiger partial charge in [0.2, 0.25) is 0 Å². The summed E-state index contributed by atoms with van der Waals surface area (Å²) in [6, 6.07) is 68.0. The summed E-state index contributed by atoms with van der Waals surface area (Å²) in [6.07, 6.45) is 3.32. The quantitative estimate of drug-likeness (QED) is 0.164. The monoisotopic (exact) mass is 675 g/mol. The molecule has 0 N–H and O–H groups in total. The van der Waals surface area contributed by atoms with Crippen LogP contribution in [0.2, 0.25) is 0 Å². The molecule has 1 unspecified atom stereocenters. The van der Waals surface area contributed by atoms with Gasteiger partial charge in [0, 0.05) is 16.5 Å². The molecular weight excluding hydrogens is 639 g/mol. The summed E-state index contributed by atoms with van der Waals surface area (Å²) >= 11 is 0. The van der Waals surface area contributed by atoms with Crippen molar-refractivity contribution < 1.29 is 0 Å². The first-order chi connectivity index (χ1) is 26.3. The predicted octanol–water partition coefficient (Wildman–Crippen LogP) is 13.8. The topological polar surface area (TPSA) is 4.93 Å². The zero-order chi connectivity index (χ0) is 34.9. The van der Waals surface area contributed by atoms with Crippen molar-refractivity contribution in [3.8, 4) is 27.9 Å². The highest BCUT2D eigenvalue weighted by molar-refractivity contribution is 6.25. The maximum atomic E-state index is 2.47. The lowest BCUT2D eigenvalue weighted by Crippen LogP contribution is -2.04. The van der Waals surface area contributed by atoms with E-state index in [1.807, 2.05) is 0 Å². The molecule has 0 radical (unpaired) electrons. The lowest BCUT2D eigenvalue weighted by atomic mass is 9.85. The van der Waals surface area contributed by atoms with Gasteiger partial charge >= 0.3 is 0 Å². The van der Waals surface area contributed by atoms with Gasteiger partial charge in [-0.1, -0.05) is 146 Å². The number of hydrogen-bond acceptors (Lipinski definition) is 0. The van der Waals surface area contributed by atoms with Gasteiger partial charge < -0.3 is 4.57 Å². The zero-order valence-electron chi connectivity index (χ0n) is 29.5. The van der Waals surface area contributed by atoms with Crippen LogP contribution in [0.4, 0.5) is 0 Å². The van der Waals surface area contributed by atoms with E-state index < -0.39 is 0 Å². The number of hydrogen-bond donors (Lipinski definition) is 0. The van der Waals surface area contributed by atoms with Crippen molar-refractivity contribution in [1.29, 1.82) is 0 Å². The van der Waals surface area contributed by atoms with Gasteiger partial charge in [0.15, 0.2) is 0 Å². The Balaban J connectivity index is 1.08. The van der Waals surface area contributed by atoms with Crippen LogP contribution in [-0.2, 0) is 12.8 Å². The fraction of sp³-hybridized carbons (Fsp3) is 0.0769. The van der Waals surface area contributed by atoms with E-state index in [2.05, 4.69) is 187 Å². The molecule has 250 valence electrons. The number of fused-ring (bicyclic) bond motifs is 12. The molecule has 0 bridgehead atoms. The van der Waals surface area contributed by atoms with E-state index in [0.29, 0.717) is 5.92 Å². The molecule has 1 aliphatic rings. The minimum absolute atomic E-state index is 0.478. The highest BCUT2D eigenvalue weighted by Gasteiger charge is 2.24. The Hall–Kier alpha value is -6.44. The van der Waals surface area contributed by atoms with Gasteiger partial charge in [-0.3, -0.25) is 0 Å². The third-order valence-corrected chi connectivity index (χ3v) is 11.9. The molecule has 0 saturated heterocycles. The lowest BCUT2D eigenvalue weighted by molar-refractivity contribution is 0.629. The second kappa shape index (κ2) is 12.1. The van der Waals surface area contributed by atoms with Gasteiger partial charge in [-0.2, -0.15) is 0 Å². The highest BCUT2D eigenvalue weighted by Crippen LogP contribution is 2.43. The summed E-state index contributed by atoms with van der Waals surface area (Å²) in [6.45, 7) is 0. The minimum atomic E-state index is 0.478. The number of benzene rings is 9. The Morgan fingerprint density at radius 3 is 1.81 bits per heavy atom. The van der Waals surface area contributed by atoms with Crippen LogP contribution < -0.4 is 0 Å². The molecule has 11 rings (SSSR count). The van der Waals surface area contributed by atoms with Gasteiger partial charge in [-0.05, 0) is 133 Å². The van der Waals surface area contributed by atoms with E-state index in [4.69, 9.17) is 0 Å². The zero-order valence-corrected chi connectivity index (χ0v) is 29.5. The van der Waals surface area contributed by atoms with Crippen LogP contribution in [0.15, 0.2) is 182 Å². The molecule has 0 aliphatic heterocycles. The number of para-hydroxylation sites is 1. The summed E-state index contributed by atoms with van der Waals surface area (Å²) in [5.74, 6) is 0.478. The predicted molar refractivity (Wildman–Crippen MR) is 225 cm³/mol. The van der Waals surface area contributed by atoms with Crippen LogP contribution >= 0.6 is 0 Å². The van der Waals surface area contributed by atoms with Crippen molar-refractivity contribution in [2.45, 2.75) is 25.2 Å². The van der Waals surface area contributed by atoms with Gasteiger partial charge in [0.1, 0.15) is 0 Å². The third-order valence-electron chi connectivity index (χ3n) is 11.9. The number of aromatic nitrogens is 1. The first kappa shape index (κ1) is 30.2. The summed E-state index contributed by atoms with van der Waals surface area (Å²) < 4.78 is 2.46. The standard InChI is InChI=1S/C52H37N/c1-2-12-34(13-3-1)30-38-23-22-35-14-4-5-15-40(35)48-31-36(24-27-41(38)48)37-25-29-52-50(32-37)47-20-10-11-21-51(47)53(52)39-26-28-46-44-18-7-6-16-42(44)43-17-8-9-19-45(43)49(46)33-39/h1-21,24-29,31-33,38H,22-23,30H2. The fourth-order valence-corrected chi connectivity index (χ4v) is 9.39. The number of aryl methyl sites for hydroxylation is 1. The second-order valence-corrected chi connectivity index (χ2v) is 14.8. The van der Waals surface area contributed by atoms with Crippen LogP contribution in [0.25, 0.3) is 82.1 Å². The lowest BCUT2D eigenvalue weighted by Gasteiger charge is -2.19. The molecule has 0 amide bonds. The fourth-order valence-electron chi connectivity index (χ4n) is 9.39. The van der Waals surface area contributed by atoms with E-state index in [9.17, 15) is 0 Å². The van der Waals surface area contributed by atoms with Gasteiger partial charge in [0.25, 0.3) is 0 Å². The first-order valence-corrected chi connectivity index (χ1v) is 18.9. The van der Waals surface area contributed by atoms with Gasteiger partial charge in [-0.15, -0.1) is 0 Å². The maximum Gasteiger partial charge on any atom is 0.0541 e. The van der Waals surface area contributed by atoms with E-state index in [-0.39, 0.29) is 0 Å². The van der Waals surface area contributed by atoms with Crippen molar-refractivity contribution in [1.82, 2.24) is 4.57 Å². The molecule has 0 fully saturated rings. The number of nitrogens with zero attached hydrogens (tertiary/aromatic N) is 1. The molecule has 0 spiro atoms. The SMILES string of the molecule is c1ccc(CC2CCc3ccccc3-c3cc(-c4ccc5c(c4)c4ccccc4n5-c4ccc5c6ccccc6c6ccccc6c5c4)ccc32)cc1. The maximum absolute atomic E-state index is 2.47. The summed E-state index contributed by atoms with van der Waals surface area (Å²) in [4.78, 5) is 0.